The minimum absolute atomic E-state index is 0.0522. The van der Waals surface area contributed by atoms with Gasteiger partial charge in [-0.3, -0.25) is 4.79 Å². The zero-order chi connectivity index (χ0) is 14.5. The van der Waals surface area contributed by atoms with Gasteiger partial charge in [0, 0.05) is 12.0 Å². The Morgan fingerprint density at radius 3 is 2.60 bits per heavy atom. The first-order valence-corrected chi connectivity index (χ1v) is 7.61. The fraction of sp³-hybridized carbons (Fsp3) is 0.333. The Morgan fingerprint density at radius 2 is 2.00 bits per heavy atom. The van der Waals surface area contributed by atoms with E-state index in [4.69, 9.17) is 5.73 Å². The number of hydrogen-bond acceptors (Lipinski definition) is 4. The molecule has 1 aromatic carbocycles. The van der Waals surface area contributed by atoms with E-state index in [1.165, 1.54) is 16.9 Å². The second kappa shape index (κ2) is 6.52. The number of nitrogens with zero attached hydrogens (tertiary/aromatic N) is 1. The number of hydrogen-bond donors (Lipinski definition) is 2. The number of anilines is 2. The number of amides is 1. The molecule has 0 unspecified atom stereocenters. The molecule has 20 heavy (non-hydrogen) atoms. The Bertz CT molecular complexity index is 590. The van der Waals surface area contributed by atoms with Crippen molar-refractivity contribution in [3.8, 4) is 11.3 Å². The van der Waals surface area contributed by atoms with Crippen molar-refractivity contribution in [2.75, 3.05) is 11.1 Å². The van der Waals surface area contributed by atoms with Crippen LogP contribution in [0.15, 0.2) is 24.3 Å². The molecule has 1 aromatic heterocycles. The van der Waals surface area contributed by atoms with Crippen LogP contribution in [0.25, 0.3) is 11.3 Å². The van der Waals surface area contributed by atoms with Crippen molar-refractivity contribution in [3.63, 3.8) is 0 Å². The smallest absolute Gasteiger partial charge is 0.225 e. The molecule has 0 aliphatic heterocycles. The average Bonchev–Trinajstić information content (AvgIpc) is 2.80. The summed E-state index contributed by atoms with van der Waals surface area (Å²) in [5, 5.41) is 3.92. The lowest BCUT2D eigenvalue weighted by Gasteiger charge is -2.01. The lowest BCUT2D eigenvalue weighted by molar-refractivity contribution is -0.115. The van der Waals surface area contributed by atoms with E-state index in [1.807, 2.05) is 12.1 Å². The highest BCUT2D eigenvalue weighted by molar-refractivity contribution is 7.20. The molecule has 0 radical (unpaired) electrons. The normalized spacial score (nSPS) is 10.5. The van der Waals surface area contributed by atoms with Gasteiger partial charge in [0.05, 0.1) is 0 Å². The summed E-state index contributed by atoms with van der Waals surface area (Å²) in [4.78, 5) is 15.8. The van der Waals surface area contributed by atoms with Gasteiger partial charge < -0.3 is 11.1 Å². The van der Waals surface area contributed by atoms with Gasteiger partial charge in [-0.1, -0.05) is 55.9 Å². The monoisotopic (exact) mass is 289 g/mol. The Labute approximate surface area is 123 Å². The van der Waals surface area contributed by atoms with Crippen molar-refractivity contribution in [2.45, 2.75) is 33.1 Å². The maximum absolute atomic E-state index is 11.4. The van der Waals surface area contributed by atoms with E-state index in [2.05, 4.69) is 29.4 Å². The predicted molar refractivity (Wildman–Crippen MR) is 84.9 cm³/mol. The van der Waals surface area contributed by atoms with Gasteiger partial charge in [-0.2, -0.15) is 0 Å². The molecular formula is C15H19N3OS. The van der Waals surface area contributed by atoms with Crippen LogP contribution in [0.4, 0.5) is 10.1 Å². The minimum Gasteiger partial charge on any atom is -0.389 e. The summed E-state index contributed by atoms with van der Waals surface area (Å²) in [6, 6.07) is 8.26. The molecule has 0 fully saturated rings. The maximum atomic E-state index is 11.4. The van der Waals surface area contributed by atoms with Crippen molar-refractivity contribution >= 4 is 27.4 Å². The number of carbonyl (C=O) groups excluding carboxylic acids is 1. The van der Waals surface area contributed by atoms with Gasteiger partial charge >= 0.3 is 0 Å². The first kappa shape index (κ1) is 14.5. The molecule has 0 aliphatic rings. The topological polar surface area (TPSA) is 68.0 Å². The van der Waals surface area contributed by atoms with Gasteiger partial charge in [0.1, 0.15) is 10.7 Å². The summed E-state index contributed by atoms with van der Waals surface area (Å²) < 4.78 is 0. The number of nitrogen functional groups attached to an aromatic ring is 1. The number of aromatic nitrogens is 1. The molecule has 0 saturated heterocycles. The Kier molecular flexibility index (Phi) is 4.74. The molecule has 0 atom stereocenters. The van der Waals surface area contributed by atoms with Crippen LogP contribution >= 0.6 is 11.3 Å². The van der Waals surface area contributed by atoms with Crippen molar-refractivity contribution in [1.82, 2.24) is 4.98 Å². The largest absolute Gasteiger partial charge is 0.389 e. The van der Waals surface area contributed by atoms with Crippen molar-refractivity contribution < 1.29 is 4.79 Å². The van der Waals surface area contributed by atoms with Crippen LogP contribution in [0.2, 0.25) is 0 Å². The van der Waals surface area contributed by atoms with Gasteiger partial charge in [-0.05, 0) is 12.0 Å². The molecule has 0 aliphatic carbocycles. The standard InChI is InChI=1S/C15H19N3OS/c1-3-5-10-6-8-11(9-7-10)13-14(16)20-15(18-13)17-12(19)4-2/h6-9H,3-5,16H2,1-2H3,(H,17,18,19). The predicted octanol–water partition coefficient (Wildman–Crippen LogP) is 3.69. The average molecular weight is 289 g/mol. The summed E-state index contributed by atoms with van der Waals surface area (Å²) in [5.74, 6) is -0.0522. The number of benzene rings is 1. The van der Waals surface area contributed by atoms with E-state index in [9.17, 15) is 4.79 Å². The highest BCUT2D eigenvalue weighted by atomic mass is 32.1. The van der Waals surface area contributed by atoms with Crippen LogP contribution in [0.1, 0.15) is 32.3 Å². The molecule has 5 heteroatoms. The SMILES string of the molecule is CCCc1ccc(-c2nc(NC(=O)CC)sc2N)cc1. The van der Waals surface area contributed by atoms with Crippen molar-refractivity contribution in [1.29, 1.82) is 0 Å². The second-order valence-electron chi connectivity index (χ2n) is 4.58. The van der Waals surface area contributed by atoms with Crippen molar-refractivity contribution in [3.05, 3.63) is 29.8 Å². The molecule has 0 saturated carbocycles. The number of aryl methyl sites for hydroxylation is 1. The maximum Gasteiger partial charge on any atom is 0.225 e. The fourth-order valence-electron chi connectivity index (χ4n) is 1.92. The highest BCUT2D eigenvalue weighted by Gasteiger charge is 2.12. The number of rotatable bonds is 5. The number of carbonyl (C=O) groups is 1. The quantitative estimate of drug-likeness (QED) is 0.882. The molecule has 2 aromatic rings. The van der Waals surface area contributed by atoms with Gasteiger partial charge in [0.15, 0.2) is 5.13 Å². The summed E-state index contributed by atoms with van der Waals surface area (Å²) in [6.45, 7) is 3.97. The third-order valence-corrected chi connectivity index (χ3v) is 3.79. The lowest BCUT2D eigenvalue weighted by atomic mass is 10.1. The number of nitrogens with two attached hydrogens (primary N) is 1. The van der Waals surface area contributed by atoms with E-state index in [1.54, 1.807) is 6.92 Å². The third-order valence-electron chi connectivity index (χ3n) is 2.99. The molecule has 0 spiro atoms. The Hall–Kier alpha value is -1.88. The molecule has 106 valence electrons. The minimum atomic E-state index is -0.0522. The van der Waals surface area contributed by atoms with E-state index in [0.29, 0.717) is 16.6 Å². The van der Waals surface area contributed by atoms with Crippen LogP contribution in [0.5, 0.6) is 0 Å². The molecule has 0 bridgehead atoms. The van der Waals surface area contributed by atoms with E-state index in [0.717, 1.165) is 24.1 Å². The molecular weight excluding hydrogens is 270 g/mol. The number of nitrogens with one attached hydrogen (secondary N) is 1. The van der Waals surface area contributed by atoms with E-state index >= 15 is 0 Å². The van der Waals surface area contributed by atoms with Gasteiger partial charge in [-0.15, -0.1) is 0 Å². The van der Waals surface area contributed by atoms with Gasteiger partial charge in [0.2, 0.25) is 5.91 Å². The zero-order valence-electron chi connectivity index (χ0n) is 11.8. The Morgan fingerprint density at radius 1 is 1.30 bits per heavy atom. The van der Waals surface area contributed by atoms with Gasteiger partial charge in [0.25, 0.3) is 0 Å². The van der Waals surface area contributed by atoms with Crippen LogP contribution in [0.3, 0.4) is 0 Å². The number of thiazole rings is 1. The summed E-state index contributed by atoms with van der Waals surface area (Å²) >= 11 is 1.30. The molecule has 1 heterocycles. The fourth-order valence-corrected chi connectivity index (χ4v) is 2.69. The van der Waals surface area contributed by atoms with Crippen LogP contribution in [-0.2, 0) is 11.2 Å². The second-order valence-corrected chi connectivity index (χ2v) is 5.61. The summed E-state index contributed by atoms with van der Waals surface area (Å²) in [5.41, 5.74) is 9.02. The van der Waals surface area contributed by atoms with Crippen LogP contribution in [0, 0.1) is 0 Å². The first-order valence-electron chi connectivity index (χ1n) is 6.79. The summed E-state index contributed by atoms with van der Waals surface area (Å²) in [7, 11) is 0. The molecule has 2 rings (SSSR count). The third kappa shape index (κ3) is 3.36. The zero-order valence-corrected chi connectivity index (χ0v) is 12.6. The lowest BCUT2D eigenvalue weighted by Crippen LogP contribution is -2.08. The molecule has 1 amide bonds. The summed E-state index contributed by atoms with van der Waals surface area (Å²) in [6.07, 6.45) is 2.64. The Balaban J connectivity index is 2.21. The first-order chi connectivity index (χ1) is 9.63. The van der Waals surface area contributed by atoms with E-state index < -0.39 is 0 Å². The molecule has 3 N–H and O–H groups in total. The van der Waals surface area contributed by atoms with E-state index in [-0.39, 0.29) is 5.91 Å². The molecule has 4 nitrogen and oxygen atoms in total. The van der Waals surface area contributed by atoms with Gasteiger partial charge in [-0.25, -0.2) is 4.98 Å². The van der Waals surface area contributed by atoms with Crippen molar-refractivity contribution in [2.24, 2.45) is 0 Å². The van der Waals surface area contributed by atoms with Crippen LogP contribution in [-0.4, -0.2) is 10.9 Å². The van der Waals surface area contributed by atoms with Crippen LogP contribution < -0.4 is 11.1 Å². The highest BCUT2D eigenvalue weighted by Crippen LogP contribution is 2.33.